The molecule has 0 spiro atoms. The number of hydrogen-bond acceptors (Lipinski definition) is 5. The first-order valence-corrected chi connectivity index (χ1v) is 12.6. The fraction of sp³-hybridized carbons (Fsp3) is 0.409. The molecule has 1 aliphatic heterocycles. The Bertz CT molecular complexity index is 1030. The quantitative estimate of drug-likeness (QED) is 0.586. The fourth-order valence-corrected chi connectivity index (χ4v) is 5.94. The summed E-state index contributed by atoms with van der Waals surface area (Å²) in [6.45, 7) is 2.49. The van der Waals surface area contributed by atoms with Crippen molar-refractivity contribution in [3.8, 4) is 5.75 Å². The molecule has 0 aliphatic carbocycles. The Balaban J connectivity index is 1.93. The molecular formula is C22H26Cl2N2O4S. The second-order valence-corrected chi connectivity index (χ2v) is 10.8. The molecule has 3 rings (SSSR count). The first-order valence-electron chi connectivity index (χ1n) is 10.0. The predicted octanol–water partition coefficient (Wildman–Crippen LogP) is 4.29. The van der Waals surface area contributed by atoms with E-state index >= 15 is 0 Å². The second kappa shape index (κ2) is 9.67. The molecule has 0 bridgehead atoms. The topological polar surface area (TPSA) is 66.9 Å². The Morgan fingerprint density at radius 3 is 2.23 bits per heavy atom. The van der Waals surface area contributed by atoms with Crippen LogP contribution in [-0.4, -0.2) is 57.5 Å². The van der Waals surface area contributed by atoms with Crippen LogP contribution in [0.1, 0.15) is 29.3 Å². The maximum Gasteiger partial charge on any atom is 0.254 e. The molecule has 2 aromatic carbocycles. The summed E-state index contributed by atoms with van der Waals surface area (Å²) in [7, 11) is 0.735. The Labute approximate surface area is 193 Å². The normalized spacial score (nSPS) is 17.4. The molecule has 1 fully saturated rings. The molecule has 0 saturated carbocycles. The van der Waals surface area contributed by atoms with Crippen LogP contribution in [0.5, 0.6) is 5.75 Å². The van der Waals surface area contributed by atoms with Gasteiger partial charge >= 0.3 is 0 Å². The van der Waals surface area contributed by atoms with Crippen LogP contribution < -0.4 is 9.64 Å². The van der Waals surface area contributed by atoms with Crippen LogP contribution in [0.2, 0.25) is 10.0 Å². The lowest BCUT2D eigenvalue weighted by Crippen LogP contribution is -2.40. The van der Waals surface area contributed by atoms with Gasteiger partial charge in [0.1, 0.15) is 0 Å². The van der Waals surface area contributed by atoms with E-state index in [4.69, 9.17) is 27.9 Å². The Morgan fingerprint density at radius 1 is 1.13 bits per heavy atom. The molecule has 1 heterocycles. The number of benzene rings is 2. The lowest BCUT2D eigenvalue weighted by atomic mass is 10.1. The Kier molecular flexibility index (Phi) is 7.39. The predicted molar refractivity (Wildman–Crippen MR) is 125 cm³/mol. The summed E-state index contributed by atoms with van der Waals surface area (Å²) in [5.74, 6) is 0.0426. The highest BCUT2D eigenvalue weighted by Gasteiger charge is 2.35. The van der Waals surface area contributed by atoms with Crippen LogP contribution in [0, 0.1) is 0 Å². The van der Waals surface area contributed by atoms with Gasteiger partial charge in [0, 0.05) is 37.9 Å². The highest BCUT2D eigenvalue weighted by Crippen LogP contribution is 2.35. The molecule has 0 radical (unpaired) electrons. The molecule has 1 saturated heterocycles. The number of rotatable bonds is 7. The summed E-state index contributed by atoms with van der Waals surface area (Å²) in [4.78, 5) is 17.1. The van der Waals surface area contributed by atoms with Gasteiger partial charge in [-0.15, -0.1) is 0 Å². The van der Waals surface area contributed by atoms with Gasteiger partial charge in [-0.1, -0.05) is 35.3 Å². The van der Waals surface area contributed by atoms with E-state index in [1.807, 2.05) is 50.2 Å². The molecule has 0 aromatic heterocycles. The molecule has 168 valence electrons. The van der Waals surface area contributed by atoms with Gasteiger partial charge in [-0.05, 0) is 43.2 Å². The summed E-state index contributed by atoms with van der Waals surface area (Å²) in [5.41, 5.74) is 2.24. The zero-order valence-electron chi connectivity index (χ0n) is 17.8. The zero-order valence-corrected chi connectivity index (χ0v) is 20.1. The molecule has 1 aliphatic rings. The van der Waals surface area contributed by atoms with E-state index in [0.717, 1.165) is 11.3 Å². The molecule has 1 atom stereocenters. The molecule has 1 amide bonds. The minimum atomic E-state index is -3.17. The minimum absolute atomic E-state index is 0.0486. The van der Waals surface area contributed by atoms with Crippen LogP contribution >= 0.6 is 23.2 Å². The lowest BCUT2D eigenvalue weighted by Gasteiger charge is -2.29. The van der Waals surface area contributed by atoms with E-state index in [1.165, 1.54) is 12.1 Å². The van der Waals surface area contributed by atoms with E-state index in [-0.39, 0.29) is 34.0 Å². The SMILES string of the molecule is CCOc1c(Cl)cc(C(=O)N(Cc2ccc(N(C)C)cc2)C2CCS(=O)(=O)C2)cc1Cl. The van der Waals surface area contributed by atoms with Gasteiger partial charge in [0.2, 0.25) is 0 Å². The number of carbonyl (C=O) groups excluding carboxylic acids is 1. The maximum absolute atomic E-state index is 13.5. The molecule has 6 nitrogen and oxygen atoms in total. The number of carbonyl (C=O) groups is 1. The van der Waals surface area contributed by atoms with Gasteiger partial charge in [0.25, 0.3) is 5.91 Å². The van der Waals surface area contributed by atoms with Crippen molar-refractivity contribution in [2.45, 2.75) is 25.9 Å². The van der Waals surface area contributed by atoms with Crippen molar-refractivity contribution in [1.29, 1.82) is 0 Å². The maximum atomic E-state index is 13.5. The molecule has 31 heavy (non-hydrogen) atoms. The van der Waals surface area contributed by atoms with Gasteiger partial charge in [-0.2, -0.15) is 0 Å². The van der Waals surface area contributed by atoms with Crippen molar-refractivity contribution in [1.82, 2.24) is 4.90 Å². The number of amides is 1. The minimum Gasteiger partial charge on any atom is -0.491 e. The summed E-state index contributed by atoms with van der Waals surface area (Å²) in [6, 6.07) is 10.4. The summed E-state index contributed by atoms with van der Waals surface area (Å²) in [6.07, 6.45) is 0.405. The van der Waals surface area contributed by atoms with Crippen molar-refractivity contribution in [3.63, 3.8) is 0 Å². The standard InChI is InChI=1S/C22H26Cl2N2O4S/c1-4-30-21-19(23)11-16(12-20(21)24)22(27)26(18-9-10-31(28,29)14-18)13-15-5-7-17(8-6-15)25(2)3/h5-8,11-12,18H,4,9-10,13-14H2,1-3H3. The van der Waals surface area contributed by atoms with E-state index in [9.17, 15) is 13.2 Å². The van der Waals surface area contributed by atoms with Gasteiger partial charge in [0.15, 0.2) is 15.6 Å². The summed E-state index contributed by atoms with van der Waals surface area (Å²) < 4.78 is 29.6. The van der Waals surface area contributed by atoms with Crippen molar-refractivity contribution in [2.24, 2.45) is 0 Å². The number of nitrogens with zero attached hydrogens (tertiary/aromatic N) is 2. The highest BCUT2D eigenvalue weighted by atomic mass is 35.5. The number of sulfone groups is 1. The van der Waals surface area contributed by atoms with E-state index < -0.39 is 15.9 Å². The Morgan fingerprint density at radius 2 is 1.74 bits per heavy atom. The third kappa shape index (κ3) is 5.64. The number of halogens is 2. The van der Waals surface area contributed by atoms with Crippen LogP contribution in [0.25, 0.3) is 0 Å². The first-order chi connectivity index (χ1) is 14.6. The van der Waals surface area contributed by atoms with Crippen molar-refractivity contribution >= 4 is 44.6 Å². The van der Waals surface area contributed by atoms with E-state index in [0.29, 0.717) is 24.3 Å². The van der Waals surface area contributed by atoms with E-state index in [1.54, 1.807) is 4.90 Å². The monoisotopic (exact) mass is 484 g/mol. The average molecular weight is 485 g/mol. The smallest absolute Gasteiger partial charge is 0.254 e. The van der Waals surface area contributed by atoms with Gasteiger partial charge in [0.05, 0.1) is 28.2 Å². The van der Waals surface area contributed by atoms with Crippen LogP contribution in [-0.2, 0) is 16.4 Å². The second-order valence-electron chi connectivity index (χ2n) is 7.75. The Hall–Kier alpha value is -1.96. The van der Waals surface area contributed by atoms with Crippen LogP contribution in [0.3, 0.4) is 0 Å². The van der Waals surface area contributed by atoms with Crippen molar-refractivity contribution in [2.75, 3.05) is 37.1 Å². The molecular weight excluding hydrogens is 459 g/mol. The third-order valence-electron chi connectivity index (χ3n) is 5.25. The fourth-order valence-electron chi connectivity index (χ4n) is 3.62. The molecule has 0 N–H and O–H groups in total. The average Bonchev–Trinajstić information content (AvgIpc) is 3.08. The largest absolute Gasteiger partial charge is 0.491 e. The lowest BCUT2D eigenvalue weighted by molar-refractivity contribution is 0.0681. The molecule has 1 unspecified atom stereocenters. The van der Waals surface area contributed by atoms with Gasteiger partial charge in [-0.3, -0.25) is 4.79 Å². The molecule has 9 heteroatoms. The highest BCUT2D eigenvalue weighted by molar-refractivity contribution is 7.91. The van der Waals surface area contributed by atoms with Crippen molar-refractivity contribution in [3.05, 3.63) is 57.6 Å². The summed E-state index contributed by atoms with van der Waals surface area (Å²) in [5, 5.41) is 0.485. The molecule has 2 aromatic rings. The van der Waals surface area contributed by atoms with Gasteiger partial charge < -0.3 is 14.5 Å². The number of anilines is 1. The summed E-state index contributed by atoms with van der Waals surface area (Å²) >= 11 is 12.6. The van der Waals surface area contributed by atoms with Gasteiger partial charge in [-0.25, -0.2) is 8.42 Å². The third-order valence-corrected chi connectivity index (χ3v) is 7.56. The van der Waals surface area contributed by atoms with E-state index in [2.05, 4.69) is 0 Å². The first kappa shape index (κ1) is 23.7. The number of hydrogen-bond donors (Lipinski definition) is 0. The van der Waals surface area contributed by atoms with Crippen LogP contribution in [0.4, 0.5) is 5.69 Å². The van der Waals surface area contributed by atoms with Crippen molar-refractivity contribution < 1.29 is 17.9 Å². The number of ether oxygens (including phenoxy) is 1. The zero-order chi connectivity index (χ0) is 22.8. The van der Waals surface area contributed by atoms with Crippen LogP contribution in [0.15, 0.2) is 36.4 Å².